The van der Waals surface area contributed by atoms with Crippen LogP contribution in [0.1, 0.15) is 53.7 Å². The fourth-order valence-electron chi connectivity index (χ4n) is 5.52. The predicted octanol–water partition coefficient (Wildman–Crippen LogP) is -1.21. The summed E-state index contributed by atoms with van der Waals surface area (Å²) in [4.78, 5) is 22.2. The number of fused-ring (bicyclic) bond motifs is 1. The molecule has 5 rings (SSSR count). The number of hydrogen-bond donors (Lipinski definition) is 0. The van der Waals surface area contributed by atoms with E-state index in [1.807, 2.05) is 48.3 Å². The van der Waals surface area contributed by atoms with Crippen LogP contribution in [0.4, 0.5) is 18.0 Å². The molecule has 0 atom stereocenters. The molecule has 3 heterocycles. The van der Waals surface area contributed by atoms with Crippen molar-refractivity contribution in [1.82, 2.24) is 14.6 Å². The number of benzene rings is 2. The number of hydrazine groups is 1. The van der Waals surface area contributed by atoms with Crippen molar-refractivity contribution in [1.29, 1.82) is 0 Å². The van der Waals surface area contributed by atoms with E-state index in [2.05, 4.69) is 9.58 Å². The Morgan fingerprint density at radius 1 is 0.977 bits per heavy atom. The summed E-state index contributed by atoms with van der Waals surface area (Å²) in [6.45, 7) is 4.36. The van der Waals surface area contributed by atoms with E-state index in [1.165, 1.54) is 6.42 Å². The Balaban J connectivity index is 0.00000106. The van der Waals surface area contributed by atoms with Crippen molar-refractivity contribution in [2.75, 3.05) is 26.2 Å². The molecular weight excluding hydrogens is 653 g/mol. The number of nitrogens with zero attached hydrogens (tertiary/aromatic N) is 3. The third-order valence-corrected chi connectivity index (χ3v) is 7.61. The molecule has 0 spiro atoms. The van der Waals surface area contributed by atoms with Crippen LogP contribution in [0.2, 0.25) is 5.02 Å². The number of rotatable bonds is 7. The van der Waals surface area contributed by atoms with E-state index < -0.39 is 18.8 Å². The molecule has 0 aliphatic carbocycles. The number of carbonyl (C=O) groups is 2. The molecule has 44 heavy (non-hydrogen) atoms. The largest absolute Gasteiger partial charge is 1.00 e. The van der Waals surface area contributed by atoms with E-state index in [-0.39, 0.29) is 122 Å². The molecule has 1 saturated heterocycles. The van der Waals surface area contributed by atoms with E-state index in [1.54, 1.807) is 12.1 Å². The van der Waals surface area contributed by atoms with E-state index in [4.69, 9.17) is 31.3 Å². The van der Waals surface area contributed by atoms with Crippen molar-refractivity contribution in [3.8, 4) is 22.7 Å². The number of amides is 1. The van der Waals surface area contributed by atoms with Gasteiger partial charge in [-0.3, -0.25) is 9.80 Å². The van der Waals surface area contributed by atoms with E-state index >= 15 is 0 Å². The fraction of sp³-hybridized carbons (Fsp3) is 0.400. The molecule has 226 valence electrons. The number of piperidine rings is 1. The zero-order valence-corrected chi connectivity index (χ0v) is 32.1. The van der Waals surface area contributed by atoms with Gasteiger partial charge >= 0.3 is 109 Å². The van der Waals surface area contributed by atoms with Crippen LogP contribution in [-0.4, -0.2) is 59.1 Å². The summed E-state index contributed by atoms with van der Waals surface area (Å²) in [6.07, 6.45) is -3.42. The number of hydrogen-bond acceptors (Lipinski definition) is 6. The first-order valence-corrected chi connectivity index (χ1v) is 14.1. The molecule has 2 aliphatic rings. The van der Waals surface area contributed by atoms with Crippen LogP contribution >= 0.6 is 11.6 Å². The minimum absolute atomic E-state index is 0. The van der Waals surface area contributed by atoms with Crippen LogP contribution in [0.15, 0.2) is 48.5 Å². The molecule has 14 heteroatoms. The molecule has 1 aromatic heterocycles. The fourth-order valence-corrected chi connectivity index (χ4v) is 5.74. The van der Waals surface area contributed by atoms with Crippen molar-refractivity contribution < 1.29 is 140 Å². The summed E-state index contributed by atoms with van der Waals surface area (Å²) in [5.41, 5.74) is 5.09. The second kappa shape index (κ2) is 18.2. The van der Waals surface area contributed by atoms with Crippen molar-refractivity contribution in [2.24, 2.45) is 0 Å². The first-order chi connectivity index (χ1) is 20.0. The second-order valence-corrected chi connectivity index (χ2v) is 10.5. The quantitative estimate of drug-likeness (QED) is 0.229. The Labute approximate surface area is 344 Å². The third-order valence-electron chi connectivity index (χ3n) is 7.29. The Morgan fingerprint density at radius 3 is 2.18 bits per heavy atom. The van der Waals surface area contributed by atoms with Crippen LogP contribution in [0.3, 0.4) is 0 Å². The van der Waals surface area contributed by atoms with E-state index in [0.717, 1.165) is 54.1 Å². The van der Waals surface area contributed by atoms with Gasteiger partial charge in [-0.25, -0.2) is 5.01 Å². The SMILES string of the molecule is Cc1c2c(n(-c3ccccc3Cl)c1-c1ccc(OCCCC(F)(F)F)cc1)CCN(N1CCCCC1)C2=O.O=C([O-])[O-].[K+].[K+]. The van der Waals surface area contributed by atoms with Crippen LogP contribution in [-0.2, 0) is 6.42 Å². The van der Waals surface area contributed by atoms with Gasteiger partial charge in [0.1, 0.15) is 5.75 Å². The number of carboxylic acid groups (broad SMARTS) is 2. The number of carbonyl (C=O) groups excluding carboxylic acids is 2. The molecule has 8 nitrogen and oxygen atoms in total. The van der Waals surface area contributed by atoms with Crippen molar-refractivity contribution in [3.05, 3.63) is 70.4 Å². The topological polar surface area (TPSA) is 101 Å². The Bertz CT molecular complexity index is 1410. The molecule has 0 saturated carbocycles. The van der Waals surface area contributed by atoms with Gasteiger partial charge in [0.2, 0.25) is 0 Å². The van der Waals surface area contributed by atoms with E-state index in [9.17, 15) is 18.0 Å². The predicted molar refractivity (Wildman–Crippen MR) is 147 cm³/mol. The summed E-state index contributed by atoms with van der Waals surface area (Å²) >= 11 is 6.66. The number of para-hydroxylation sites is 1. The zero-order valence-electron chi connectivity index (χ0n) is 25.1. The van der Waals surface area contributed by atoms with Gasteiger partial charge in [-0.15, -0.1) is 0 Å². The number of halogens is 4. The summed E-state index contributed by atoms with van der Waals surface area (Å²) in [5, 5.41) is 21.3. The molecule has 3 aromatic rings. The number of ether oxygens (including phenoxy) is 1. The Kier molecular flexibility index (Phi) is 16.4. The standard InChI is InChI=1S/C29H31ClF3N3O2.CH2O3.2K/c1-20-26-25(14-18-35(28(26)37)34-16-5-2-6-17-34)36(24-9-4-3-8-23(24)30)27(20)21-10-12-22(13-11-21)38-19-7-15-29(31,32)33;2-1(3)4;;/h3-4,8-13H,2,5-7,14-19H2,1H3;(H2,2,3,4);;/q;;2*+1/p-2. The van der Waals surface area contributed by atoms with Crippen LogP contribution in [0.5, 0.6) is 5.75 Å². The third kappa shape index (κ3) is 10.3. The van der Waals surface area contributed by atoms with Crippen molar-refractivity contribution in [2.45, 2.75) is 51.6 Å². The van der Waals surface area contributed by atoms with Gasteiger partial charge in [-0.05, 0) is 79.9 Å². The summed E-state index contributed by atoms with van der Waals surface area (Å²) in [7, 11) is 0. The maximum Gasteiger partial charge on any atom is 1.00 e. The molecule has 2 aromatic carbocycles. The smallest absolute Gasteiger partial charge is 0.652 e. The average molecular weight is 684 g/mol. The van der Waals surface area contributed by atoms with E-state index in [0.29, 0.717) is 29.3 Å². The summed E-state index contributed by atoms with van der Waals surface area (Å²) < 4.78 is 44.9. The number of aromatic nitrogens is 1. The Hall–Kier alpha value is -0.427. The van der Waals surface area contributed by atoms with Gasteiger partial charge < -0.3 is 24.3 Å². The van der Waals surface area contributed by atoms with Gasteiger partial charge in [-0.2, -0.15) is 13.2 Å². The van der Waals surface area contributed by atoms with Gasteiger partial charge in [0.15, 0.2) is 0 Å². The Morgan fingerprint density at radius 2 is 1.59 bits per heavy atom. The van der Waals surface area contributed by atoms with Gasteiger partial charge in [0.05, 0.1) is 28.6 Å². The monoisotopic (exact) mass is 683 g/mol. The van der Waals surface area contributed by atoms with Gasteiger partial charge in [0, 0.05) is 38.2 Å². The van der Waals surface area contributed by atoms with Crippen molar-refractivity contribution in [3.63, 3.8) is 0 Å². The average Bonchev–Trinajstić information content (AvgIpc) is 3.24. The second-order valence-electron chi connectivity index (χ2n) is 10.1. The molecule has 1 amide bonds. The van der Waals surface area contributed by atoms with Crippen LogP contribution in [0, 0.1) is 6.92 Å². The first kappa shape index (κ1) is 39.8. The normalized spacial score (nSPS) is 14.8. The van der Waals surface area contributed by atoms with Gasteiger partial charge in [0.25, 0.3) is 5.91 Å². The molecule has 0 bridgehead atoms. The van der Waals surface area contributed by atoms with Crippen LogP contribution < -0.4 is 118 Å². The molecule has 0 unspecified atom stereocenters. The summed E-state index contributed by atoms with van der Waals surface area (Å²) in [5.74, 6) is 0.517. The minimum atomic E-state index is -4.19. The molecule has 0 N–H and O–H groups in total. The minimum Gasteiger partial charge on any atom is -0.652 e. The zero-order chi connectivity index (χ0) is 30.4. The maximum atomic E-state index is 13.9. The van der Waals surface area contributed by atoms with Crippen LogP contribution in [0.25, 0.3) is 16.9 Å². The molecular formula is C30H31ClF3K2N3O5. The van der Waals surface area contributed by atoms with Crippen molar-refractivity contribution >= 4 is 23.7 Å². The first-order valence-electron chi connectivity index (χ1n) is 13.7. The summed E-state index contributed by atoms with van der Waals surface area (Å²) in [6, 6.07) is 14.9. The molecule has 0 radical (unpaired) electrons. The molecule has 1 fully saturated rings. The molecule has 2 aliphatic heterocycles. The van der Waals surface area contributed by atoms with Gasteiger partial charge in [-0.1, -0.05) is 30.2 Å². The maximum absolute atomic E-state index is 13.9. The number of alkyl halides is 3.